The maximum atomic E-state index is 11.0. The molecule has 7 heteroatoms. The van der Waals surface area contributed by atoms with E-state index < -0.39 is 5.97 Å². The lowest BCUT2D eigenvalue weighted by atomic mass is 10.3. The Morgan fingerprint density at radius 2 is 2.30 bits per heavy atom. The first-order valence-corrected chi connectivity index (χ1v) is 6.38. The molecule has 0 aromatic heterocycles. The maximum Gasteiger partial charge on any atom is 0.319 e. The molecule has 1 heterocycles. The predicted octanol–water partition coefficient (Wildman–Crippen LogP) is 0.158. The molecule has 0 radical (unpaired) electrons. The Morgan fingerprint density at radius 1 is 1.60 bits per heavy atom. The smallest absolute Gasteiger partial charge is 0.319 e. The molecule has 0 aromatic carbocycles. The van der Waals surface area contributed by atoms with Crippen molar-refractivity contribution < 1.29 is 14.3 Å². The summed E-state index contributed by atoms with van der Waals surface area (Å²) in [4.78, 5) is 16.8. The van der Waals surface area contributed by atoms with Crippen molar-refractivity contribution in [2.75, 3.05) is 20.2 Å². The third kappa shape index (κ3) is 4.67. The fourth-order valence-corrected chi connectivity index (χ4v) is 1.68. The van der Waals surface area contributed by atoms with Crippen LogP contribution in [0.1, 0.15) is 13.8 Å². The lowest BCUT2D eigenvalue weighted by molar-refractivity contribution is -0.149. The van der Waals surface area contributed by atoms with Crippen molar-refractivity contribution >= 4 is 11.8 Å². The van der Waals surface area contributed by atoms with Crippen LogP contribution in [0.25, 0.3) is 0 Å². The van der Waals surface area contributed by atoms with Gasteiger partial charge in [0.1, 0.15) is 24.5 Å². The Bertz CT molecular complexity index is 420. The van der Waals surface area contributed by atoms with Crippen LogP contribution in [0.3, 0.4) is 0 Å². The molecule has 0 fully saturated rings. The molecule has 2 unspecified atom stereocenters. The molecule has 0 saturated heterocycles. The van der Waals surface area contributed by atoms with Gasteiger partial charge in [0, 0.05) is 13.2 Å². The normalized spacial score (nSPS) is 19.7. The van der Waals surface area contributed by atoms with E-state index in [0.29, 0.717) is 5.82 Å². The number of nitrogens with zero attached hydrogens (tertiary/aromatic N) is 2. The Morgan fingerprint density at radius 3 is 2.85 bits per heavy atom. The molecule has 3 N–H and O–H groups in total. The molecule has 2 atom stereocenters. The second-order valence-electron chi connectivity index (χ2n) is 4.34. The average Bonchev–Trinajstić information content (AvgIpc) is 2.44. The summed E-state index contributed by atoms with van der Waals surface area (Å²) in [5.41, 5.74) is 5.16. The van der Waals surface area contributed by atoms with E-state index in [2.05, 4.69) is 16.9 Å². The average molecular weight is 282 g/mol. The van der Waals surface area contributed by atoms with Gasteiger partial charge in [-0.2, -0.15) is 0 Å². The van der Waals surface area contributed by atoms with Gasteiger partial charge < -0.3 is 25.4 Å². The second kappa shape index (κ2) is 7.66. The molecule has 1 rings (SSSR count). The summed E-state index contributed by atoms with van der Waals surface area (Å²) in [5, 5.41) is 3.04. The first-order chi connectivity index (χ1) is 9.47. The van der Waals surface area contributed by atoms with E-state index in [-0.39, 0.29) is 25.5 Å². The predicted molar refractivity (Wildman–Crippen MR) is 76.6 cm³/mol. The van der Waals surface area contributed by atoms with Crippen LogP contribution in [0.4, 0.5) is 0 Å². The van der Waals surface area contributed by atoms with E-state index in [0.717, 1.165) is 5.84 Å². The summed E-state index contributed by atoms with van der Waals surface area (Å²) in [6.07, 6.45) is 3.16. The molecular weight excluding hydrogens is 260 g/mol. The third-order valence-corrected chi connectivity index (χ3v) is 2.68. The van der Waals surface area contributed by atoms with E-state index in [1.807, 2.05) is 31.0 Å². The summed E-state index contributed by atoms with van der Waals surface area (Å²) in [5.74, 6) is 0.968. The number of ether oxygens (including phenoxy) is 2. The first kappa shape index (κ1) is 16.2. The van der Waals surface area contributed by atoms with Crippen LogP contribution < -0.4 is 11.1 Å². The molecule has 1 aliphatic heterocycles. The summed E-state index contributed by atoms with van der Waals surface area (Å²) in [7, 11) is 1.70. The molecule has 0 spiro atoms. The van der Waals surface area contributed by atoms with Gasteiger partial charge in [0.25, 0.3) is 0 Å². The van der Waals surface area contributed by atoms with E-state index >= 15 is 0 Å². The van der Waals surface area contributed by atoms with Crippen molar-refractivity contribution in [1.82, 2.24) is 10.2 Å². The van der Waals surface area contributed by atoms with Crippen LogP contribution in [-0.2, 0) is 14.3 Å². The molecule has 0 aromatic rings. The number of amidine groups is 1. The Kier molecular flexibility index (Phi) is 6.20. The Balaban J connectivity index is 2.48. The van der Waals surface area contributed by atoms with E-state index in [4.69, 9.17) is 15.2 Å². The van der Waals surface area contributed by atoms with Crippen molar-refractivity contribution in [3.63, 3.8) is 0 Å². The van der Waals surface area contributed by atoms with Crippen molar-refractivity contribution in [1.29, 1.82) is 0 Å². The lowest BCUT2D eigenvalue weighted by Crippen LogP contribution is -2.42. The van der Waals surface area contributed by atoms with Crippen LogP contribution in [0, 0.1) is 0 Å². The number of carbonyl (C=O) groups is 1. The maximum absolute atomic E-state index is 11.0. The molecular formula is C13H22N4O3. The fraction of sp³-hybridized carbons (Fsp3) is 0.538. The number of rotatable bonds is 6. The number of carbonyl (C=O) groups excluding carboxylic acids is 1. The SMILES string of the molecule is C=C1NC(=NC)C=CN1C(C)OC(C)COC(=O)CN. The topological polar surface area (TPSA) is 89.2 Å². The minimum atomic E-state index is -0.444. The van der Waals surface area contributed by atoms with Gasteiger partial charge in [-0.25, -0.2) is 0 Å². The highest BCUT2D eigenvalue weighted by molar-refractivity contribution is 5.94. The van der Waals surface area contributed by atoms with Crippen LogP contribution in [0.5, 0.6) is 0 Å². The molecule has 0 bridgehead atoms. The molecule has 20 heavy (non-hydrogen) atoms. The highest BCUT2D eigenvalue weighted by Crippen LogP contribution is 2.13. The van der Waals surface area contributed by atoms with Crippen molar-refractivity contribution in [3.05, 3.63) is 24.7 Å². The Hall–Kier alpha value is -1.86. The van der Waals surface area contributed by atoms with Crippen molar-refractivity contribution in [2.24, 2.45) is 10.7 Å². The van der Waals surface area contributed by atoms with Gasteiger partial charge >= 0.3 is 5.97 Å². The monoisotopic (exact) mass is 282 g/mol. The molecule has 1 aliphatic rings. The van der Waals surface area contributed by atoms with Gasteiger partial charge in [-0.1, -0.05) is 6.58 Å². The summed E-state index contributed by atoms with van der Waals surface area (Å²) in [6.45, 7) is 7.65. The quantitative estimate of drug-likeness (QED) is 0.675. The number of aliphatic imine (C=N–C) groups is 1. The third-order valence-electron chi connectivity index (χ3n) is 2.68. The minimum absolute atomic E-state index is 0.128. The van der Waals surface area contributed by atoms with Gasteiger partial charge in [-0.3, -0.25) is 9.79 Å². The van der Waals surface area contributed by atoms with Crippen molar-refractivity contribution in [3.8, 4) is 0 Å². The zero-order valence-electron chi connectivity index (χ0n) is 12.1. The summed E-state index contributed by atoms with van der Waals surface area (Å²) in [6, 6.07) is 0. The van der Waals surface area contributed by atoms with Crippen LogP contribution in [0.15, 0.2) is 29.7 Å². The largest absolute Gasteiger partial charge is 0.462 e. The highest BCUT2D eigenvalue weighted by Gasteiger charge is 2.20. The summed E-state index contributed by atoms with van der Waals surface area (Å²) >= 11 is 0. The van der Waals surface area contributed by atoms with Gasteiger partial charge in [0.05, 0.1) is 12.6 Å². The van der Waals surface area contributed by atoms with E-state index in [1.54, 1.807) is 7.05 Å². The molecule has 0 saturated carbocycles. The van der Waals surface area contributed by atoms with Gasteiger partial charge in [0.2, 0.25) is 0 Å². The first-order valence-electron chi connectivity index (χ1n) is 6.38. The number of nitrogens with two attached hydrogens (primary N) is 1. The van der Waals surface area contributed by atoms with Crippen molar-refractivity contribution in [2.45, 2.75) is 26.2 Å². The fourth-order valence-electron chi connectivity index (χ4n) is 1.68. The minimum Gasteiger partial charge on any atom is -0.462 e. The molecule has 112 valence electrons. The number of hydrogen-bond acceptors (Lipinski definition) is 6. The number of nitrogens with one attached hydrogen (secondary N) is 1. The Labute approximate surface area is 119 Å². The standard InChI is InChI=1S/C13H22N4O3/c1-9(8-19-13(18)7-14)20-11(3)17-6-5-12(15-4)16-10(17)2/h5-6,9,11H,2,7-8,14H2,1,3-4H3,(H,15,16). The van der Waals surface area contributed by atoms with Crippen LogP contribution in [0.2, 0.25) is 0 Å². The number of esters is 1. The van der Waals surface area contributed by atoms with Crippen LogP contribution in [-0.4, -0.2) is 49.2 Å². The zero-order valence-corrected chi connectivity index (χ0v) is 12.1. The van der Waals surface area contributed by atoms with E-state index in [1.165, 1.54) is 0 Å². The van der Waals surface area contributed by atoms with Gasteiger partial charge in [-0.15, -0.1) is 0 Å². The lowest BCUT2D eigenvalue weighted by Gasteiger charge is -2.33. The van der Waals surface area contributed by atoms with Crippen LogP contribution >= 0.6 is 0 Å². The van der Waals surface area contributed by atoms with Gasteiger partial charge in [0.15, 0.2) is 0 Å². The zero-order chi connectivity index (χ0) is 15.1. The van der Waals surface area contributed by atoms with E-state index in [9.17, 15) is 4.79 Å². The highest BCUT2D eigenvalue weighted by atomic mass is 16.6. The van der Waals surface area contributed by atoms with Gasteiger partial charge in [-0.05, 0) is 19.9 Å². The molecule has 0 amide bonds. The molecule has 0 aliphatic carbocycles. The second-order valence-corrected chi connectivity index (χ2v) is 4.34. The molecule has 7 nitrogen and oxygen atoms in total. The number of hydrogen-bond donors (Lipinski definition) is 2. The summed E-state index contributed by atoms with van der Waals surface area (Å²) < 4.78 is 10.7.